The Labute approximate surface area is 157 Å². The van der Waals surface area contributed by atoms with Crippen LogP contribution in [0.25, 0.3) is 10.9 Å². The van der Waals surface area contributed by atoms with E-state index in [0.717, 1.165) is 44.0 Å². The van der Waals surface area contributed by atoms with Crippen molar-refractivity contribution in [3.63, 3.8) is 0 Å². The molecule has 0 unspecified atom stereocenters. The Bertz CT molecular complexity index is 720. The molecule has 0 bridgehead atoms. The van der Waals surface area contributed by atoms with Gasteiger partial charge >= 0.3 is 0 Å². The Morgan fingerprint density at radius 2 is 2.08 bits per heavy atom. The normalized spacial score (nSPS) is 16.3. The van der Waals surface area contributed by atoms with Gasteiger partial charge in [0.25, 0.3) is 0 Å². The monoisotopic (exact) mass is 353 g/mol. The van der Waals surface area contributed by atoms with Crippen LogP contribution in [0.1, 0.15) is 45.1 Å². The fraction of sp³-hybridized carbons (Fsp3) is 0.545. The van der Waals surface area contributed by atoms with Gasteiger partial charge in [-0.25, -0.2) is 0 Å². The quantitative estimate of drug-likeness (QED) is 0.818. The summed E-state index contributed by atoms with van der Waals surface area (Å²) in [5.41, 5.74) is 2.43. The van der Waals surface area contributed by atoms with E-state index in [1.807, 2.05) is 12.3 Å². The fourth-order valence-corrected chi connectivity index (χ4v) is 3.77. The Hall–Kier alpha value is -1.94. The number of nitrogens with zero attached hydrogens (tertiary/aromatic N) is 2. The number of fused-ring (bicyclic) bond motifs is 1. The zero-order valence-electron chi connectivity index (χ0n) is 16.1. The van der Waals surface area contributed by atoms with Crippen molar-refractivity contribution in [2.45, 2.75) is 46.1 Å². The van der Waals surface area contributed by atoms with E-state index in [2.05, 4.69) is 53.3 Å². The van der Waals surface area contributed by atoms with Crippen LogP contribution < -0.4 is 5.32 Å². The topological polar surface area (TPSA) is 45.2 Å². The van der Waals surface area contributed by atoms with E-state index in [9.17, 15) is 4.79 Å². The van der Waals surface area contributed by atoms with Crippen LogP contribution in [-0.2, 0) is 11.3 Å². The molecule has 0 atom stereocenters. The lowest BCUT2D eigenvalue weighted by Crippen LogP contribution is -2.35. The first-order chi connectivity index (χ1) is 12.6. The maximum Gasteiger partial charge on any atom is 0.220 e. The molecule has 140 valence electrons. The molecule has 1 aromatic carbocycles. The molecule has 4 nitrogen and oxygen atoms in total. The summed E-state index contributed by atoms with van der Waals surface area (Å²) in [5, 5.41) is 4.29. The third kappa shape index (κ3) is 5.53. The number of aromatic nitrogens is 1. The molecule has 1 fully saturated rings. The smallest absolute Gasteiger partial charge is 0.220 e. The summed E-state index contributed by atoms with van der Waals surface area (Å²) in [6.45, 7) is 8.31. The number of likely N-dealkylation sites (tertiary alicyclic amines) is 1. The maximum atomic E-state index is 11.7. The fourth-order valence-electron chi connectivity index (χ4n) is 3.77. The van der Waals surface area contributed by atoms with Gasteiger partial charge in [0.1, 0.15) is 0 Å². The number of piperidine rings is 1. The van der Waals surface area contributed by atoms with Crippen molar-refractivity contribution in [2.75, 3.05) is 19.6 Å². The van der Waals surface area contributed by atoms with Gasteiger partial charge in [-0.05, 0) is 68.0 Å². The SMILES string of the molecule is CC(C)CC(=O)NCCC1CCN(Cc2ccc3ncccc3c2)CC1. The Morgan fingerprint density at radius 1 is 1.27 bits per heavy atom. The summed E-state index contributed by atoms with van der Waals surface area (Å²) in [6, 6.07) is 10.7. The van der Waals surface area contributed by atoms with Gasteiger partial charge in [0.05, 0.1) is 5.52 Å². The first kappa shape index (κ1) is 18.8. The molecule has 0 aliphatic carbocycles. The minimum Gasteiger partial charge on any atom is -0.356 e. The lowest BCUT2D eigenvalue weighted by molar-refractivity contribution is -0.121. The van der Waals surface area contributed by atoms with Crippen LogP contribution in [-0.4, -0.2) is 35.4 Å². The molecule has 1 aliphatic rings. The Balaban J connectivity index is 1.40. The minimum atomic E-state index is 0.197. The second-order valence-electron chi connectivity index (χ2n) is 7.99. The van der Waals surface area contributed by atoms with Gasteiger partial charge in [-0.3, -0.25) is 14.7 Å². The van der Waals surface area contributed by atoms with Crippen molar-refractivity contribution >= 4 is 16.8 Å². The second-order valence-corrected chi connectivity index (χ2v) is 7.99. The second kappa shape index (κ2) is 9.13. The minimum absolute atomic E-state index is 0.197. The molecule has 0 radical (unpaired) electrons. The van der Waals surface area contributed by atoms with Crippen LogP contribution in [0.15, 0.2) is 36.5 Å². The number of amides is 1. The van der Waals surface area contributed by atoms with Gasteiger partial charge in [-0.1, -0.05) is 26.0 Å². The van der Waals surface area contributed by atoms with Crippen LogP contribution in [0.4, 0.5) is 0 Å². The van der Waals surface area contributed by atoms with E-state index in [1.165, 1.54) is 23.8 Å². The third-order valence-corrected chi connectivity index (χ3v) is 5.25. The highest BCUT2D eigenvalue weighted by Crippen LogP contribution is 2.22. The van der Waals surface area contributed by atoms with Gasteiger partial charge < -0.3 is 5.32 Å². The molecule has 1 aliphatic heterocycles. The number of pyridine rings is 1. The van der Waals surface area contributed by atoms with Crippen molar-refractivity contribution in [2.24, 2.45) is 11.8 Å². The molecule has 1 amide bonds. The van der Waals surface area contributed by atoms with Crippen molar-refractivity contribution in [1.29, 1.82) is 0 Å². The number of nitrogens with one attached hydrogen (secondary N) is 1. The Morgan fingerprint density at radius 3 is 2.85 bits per heavy atom. The molecule has 26 heavy (non-hydrogen) atoms. The van der Waals surface area contributed by atoms with E-state index in [1.54, 1.807) is 0 Å². The largest absolute Gasteiger partial charge is 0.356 e. The maximum absolute atomic E-state index is 11.7. The molecular weight excluding hydrogens is 322 g/mol. The van der Waals surface area contributed by atoms with Crippen molar-refractivity contribution in [3.8, 4) is 0 Å². The van der Waals surface area contributed by atoms with Crippen LogP contribution >= 0.6 is 0 Å². The Kier molecular flexibility index (Phi) is 6.62. The van der Waals surface area contributed by atoms with Gasteiger partial charge in [-0.15, -0.1) is 0 Å². The molecule has 0 saturated carbocycles. The van der Waals surface area contributed by atoms with E-state index in [4.69, 9.17) is 0 Å². The molecule has 1 N–H and O–H groups in total. The zero-order chi connectivity index (χ0) is 18.4. The van der Waals surface area contributed by atoms with Gasteiger partial charge in [0.2, 0.25) is 5.91 Å². The lowest BCUT2D eigenvalue weighted by atomic mass is 9.93. The third-order valence-electron chi connectivity index (χ3n) is 5.25. The summed E-state index contributed by atoms with van der Waals surface area (Å²) in [5.74, 6) is 1.37. The summed E-state index contributed by atoms with van der Waals surface area (Å²) in [7, 11) is 0. The van der Waals surface area contributed by atoms with Crippen LogP contribution in [0.3, 0.4) is 0 Å². The standard InChI is InChI=1S/C22H31N3O/c1-17(2)14-22(26)24-11-7-18-8-12-25(13-9-18)16-19-5-6-21-20(15-19)4-3-10-23-21/h3-6,10,15,17-18H,7-9,11-14,16H2,1-2H3,(H,24,26). The number of carbonyl (C=O) groups excluding carboxylic acids is 1. The highest BCUT2D eigenvalue weighted by Gasteiger charge is 2.19. The average Bonchev–Trinajstić information content (AvgIpc) is 2.62. The average molecular weight is 354 g/mol. The highest BCUT2D eigenvalue weighted by molar-refractivity contribution is 5.78. The van der Waals surface area contributed by atoms with Gasteiger partial charge in [-0.2, -0.15) is 0 Å². The van der Waals surface area contributed by atoms with Gasteiger partial charge in [0, 0.05) is 31.1 Å². The highest BCUT2D eigenvalue weighted by atomic mass is 16.1. The van der Waals surface area contributed by atoms with Crippen LogP contribution in [0, 0.1) is 11.8 Å². The van der Waals surface area contributed by atoms with E-state index >= 15 is 0 Å². The summed E-state index contributed by atoms with van der Waals surface area (Å²) < 4.78 is 0. The first-order valence-electron chi connectivity index (χ1n) is 9.93. The van der Waals surface area contributed by atoms with E-state index in [0.29, 0.717) is 12.3 Å². The van der Waals surface area contributed by atoms with Crippen LogP contribution in [0.2, 0.25) is 0 Å². The van der Waals surface area contributed by atoms with Crippen molar-refractivity contribution < 1.29 is 4.79 Å². The molecule has 2 heterocycles. The van der Waals surface area contributed by atoms with Crippen molar-refractivity contribution in [3.05, 3.63) is 42.1 Å². The van der Waals surface area contributed by atoms with Gasteiger partial charge in [0.15, 0.2) is 0 Å². The summed E-state index contributed by atoms with van der Waals surface area (Å²) in [6.07, 6.45) is 6.06. The number of benzene rings is 1. The molecule has 4 heteroatoms. The molecular formula is C22H31N3O. The molecule has 1 saturated heterocycles. The lowest BCUT2D eigenvalue weighted by Gasteiger charge is -2.32. The number of carbonyl (C=O) groups is 1. The summed E-state index contributed by atoms with van der Waals surface area (Å²) >= 11 is 0. The predicted octanol–water partition coefficient (Wildman–Crippen LogP) is 4.00. The van der Waals surface area contributed by atoms with Crippen LogP contribution in [0.5, 0.6) is 0 Å². The molecule has 1 aromatic heterocycles. The number of rotatable bonds is 7. The zero-order valence-corrected chi connectivity index (χ0v) is 16.1. The van der Waals surface area contributed by atoms with Crippen molar-refractivity contribution in [1.82, 2.24) is 15.2 Å². The first-order valence-corrected chi connectivity index (χ1v) is 9.93. The predicted molar refractivity (Wildman–Crippen MR) is 107 cm³/mol. The molecule has 0 spiro atoms. The summed E-state index contributed by atoms with van der Waals surface area (Å²) in [4.78, 5) is 18.7. The van der Waals surface area contributed by atoms with E-state index in [-0.39, 0.29) is 5.91 Å². The van der Waals surface area contributed by atoms with E-state index < -0.39 is 0 Å². The molecule has 2 aromatic rings. The molecule has 3 rings (SSSR count). The number of hydrogen-bond acceptors (Lipinski definition) is 3. The number of hydrogen-bond donors (Lipinski definition) is 1.